The van der Waals surface area contributed by atoms with E-state index in [0.29, 0.717) is 10.9 Å². The van der Waals surface area contributed by atoms with Gasteiger partial charge in [0.25, 0.3) is 0 Å². The molecule has 1 aliphatic rings. The van der Waals surface area contributed by atoms with Gasteiger partial charge in [-0.05, 0) is 49.1 Å². The molecule has 0 saturated heterocycles. The van der Waals surface area contributed by atoms with Gasteiger partial charge >= 0.3 is 0 Å². The maximum absolute atomic E-state index is 5.89. The minimum atomic E-state index is 0.288. The largest absolute Gasteiger partial charge is 0.312 e. The number of halogens is 1. The highest BCUT2D eigenvalue weighted by Crippen LogP contribution is 2.40. The second kappa shape index (κ2) is 5.32. The highest BCUT2D eigenvalue weighted by molar-refractivity contribution is 6.30. The van der Waals surface area contributed by atoms with Crippen molar-refractivity contribution < 1.29 is 0 Å². The molecule has 2 unspecified atom stereocenters. The molecule has 2 atom stereocenters. The van der Waals surface area contributed by atoms with Gasteiger partial charge < -0.3 is 5.32 Å². The van der Waals surface area contributed by atoms with Crippen LogP contribution in [0.15, 0.2) is 42.6 Å². The minimum Gasteiger partial charge on any atom is -0.312 e. The summed E-state index contributed by atoms with van der Waals surface area (Å²) in [7, 11) is 1.99. The van der Waals surface area contributed by atoms with Crippen molar-refractivity contribution in [3.63, 3.8) is 0 Å². The third-order valence-corrected chi connectivity index (χ3v) is 4.16. The lowest BCUT2D eigenvalue weighted by atomic mass is 9.74. The Morgan fingerprint density at radius 1 is 1.32 bits per heavy atom. The van der Waals surface area contributed by atoms with Gasteiger partial charge in [-0.15, -0.1) is 0 Å². The van der Waals surface area contributed by atoms with Crippen molar-refractivity contribution in [2.45, 2.75) is 24.8 Å². The quantitative estimate of drug-likeness (QED) is 0.917. The van der Waals surface area contributed by atoms with Gasteiger partial charge in [0.05, 0.1) is 10.7 Å². The van der Waals surface area contributed by atoms with Crippen LogP contribution in [-0.2, 0) is 6.42 Å². The summed E-state index contributed by atoms with van der Waals surface area (Å²) in [6, 6.07) is 12.9. The molecule has 0 bridgehead atoms. The molecule has 0 fully saturated rings. The summed E-state index contributed by atoms with van der Waals surface area (Å²) in [4.78, 5) is 4.42. The zero-order chi connectivity index (χ0) is 13.2. The van der Waals surface area contributed by atoms with Crippen LogP contribution in [0.4, 0.5) is 0 Å². The summed E-state index contributed by atoms with van der Waals surface area (Å²) in [5.41, 5.74) is 4.06. The van der Waals surface area contributed by atoms with Crippen molar-refractivity contribution in [3.8, 4) is 0 Å². The van der Waals surface area contributed by atoms with E-state index in [1.54, 1.807) is 6.20 Å². The van der Waals surface area contributed by atoms with Crippen LogP contribution in [0.1, 0.15) is 35.2 Å². The second-order valence-corrected chi connectivity index (χ2v) is 5.51. The van der Waals surface area contributed by atoms with Gasteiger partial charge in [-0.1, -0.05) is 35.9 Å². The molecule has 1 aliphatic carbocycles. The number of nitrogens with zero attached hydrogens (tertiary/aromatic N) is 1. The van der Waals surface area contributed by atoms with Gasteiger partial charge in [0.15, 0.2) is 0 Å². The lowest BCUT2D eigenvalue weighted by Gasteiger charge is -2.32. The second-order valence-electron chi connectivity index (χ2n) is 5.08. The molecule has 0 saturated carbocycles. The normalized spacial score (nSPS) is 18.5. The molecule has 0 aliphatic heterocycles. The summed E-state index contributed by atoms with van der Waals surface area (Å²) in [6.45, 7) is 0. The molecule has 1 N–H and O–H groups in total. The molecular formula is C16H17ClN2. The first kappa shape index (κ1) is 12.6. The fraction of sp³-hybridized carbons (Fsp3) is 0.312. The Hall–Kier alpha value is -1.38. The van der Waals surface area contributed by atoms with Crippen molar-refractivity contribution in [2.24, 2.45) is 0 Å². The van der Waals surface area contributed by atoms with E-state index in [1.807, 2.05) is 19.2 Å². The predicted molar refractivity (Wildman–Crippen MR) is 78.6 cm³/mol. The molecule has 0 radical (unpaired) electrons. The van der Waals surface area contributed by atoms with E-state index < -0.39 is 0 Å². The molecule has 98 valence electrons. The van der Waals surface area contributed by atoms with E-state index in [4.69, 9.17) is 11.6 Å². The fourth-order valence-electron chi connectivity index (χ4n) is 2.84. The number of rotatable bonds is 4. The van der Waals surface area contributed by atoms with Crippen molar-refractivity contribution in [1.82, 2.24) is 10.3 Å². The Morgan fingerprint density at radius 2 is 2.16 bits per heavy atom. The molecule has 3 rings (SSSR count). The van der Waals surface area contributed by atoms with Gasteiger partial charge in [-0.3, -0.25) is 4.98 Å². The summed E-state index contributed by atoms with van der Waals surface area (Å²) < 4.78 is 0. The number of hydrogen-bond donors (Lipinski definition) is 1. The number of aromatic nitrogens is 1. The topological polar surface area (TPSA) is 24.9 Å². The average molecular weight is 273 g/mol. The van der Waals surface area contributed by atoms with Gasteiger partial charge in [0.2, 0.25) is 0 Å². The maximum Gasteiger partial charge on any atom is 0.0589 e. The average Bonchev–Trinajstić information content (AvgIpc) is 2.42. The lowest BCUT2D eigenvalue weighted by molar-refractivity contribution is 0.445. The van der Waals surface area contributed by atoms with E-state index in [9.17, 15) is 0 Å². The highest BCUT2D eigenvalue weighted by Gasteiger charge is 2.28. The molecule has 0 amide bonds. The third-order valence-electron chi connectivity index (χ3n) is 3.94. The van der Waals surface area contributed by atoms with Crippen molar-refractivity contribution in [2.75, 3.05) is 7.05 Å². The van der Waals surface area contributed by atoms with Crippen LogP contribution >= 0.6 is 11.6 Å². The molecule has 2 nitrogen and oxygen atoms in total. The Balaban J connectivity index is 1.73. The van der Waals surface area contributed by atoms with Gasteiger partial charge in [-0.25, -0.2) is 0 Å². The van der Waals surface area contributed by atoms with Crippen LogP contribution in [0.5, 0.6) is 0 Å². The monoisotopic (exact) mass is 272 g/mol. The first-order chi connectivity index (χ1) is 9.28. The van der Waals surface area contributed by atoms with Crippen LogP contribution < -0.4 is 5.32 Å². The first-order valence-corrected chi connectivity index (χ1v) is 7.02. The minimum absolute atomic E-state index is 0.288. The van der Waals surface area contributed by atoms with Crippen molar-refractivity contribution in [3.05, 3.63) is 64.4 Å². The highest BCUT2D eigenvalue weighted by atomic mass is 35.5. The van der Waals surface area contributed by atoms with Gasteiger partial charge in [-0.2, -0.15) is 0 Å². The number of fused-ring (bicyclic) bond motifs is 1. The van der Waals surface area contributed by atoms with Crippen LogP contribution in [0.2, 0.25) is 5.02 Å². The van der Waals surface area contributed by atoms with Crippen LogP contribution in [0, 0.1) is 0 Å². The van der Waals surface area contributed by atoms with Crippen molar-refractivity contribution in [1.29, 1.82) is 0 Å². The maximum atomic E-state index is 5.89. The standard InChI is InChI=1S/C16H17ClN2/c1-18-16(15-7-6-13(17)10-19-15)9-12-8-11-4-2-3-5-14(11)12/h2-7,10,12,16,18H,8-9H2,1H3. The fourth-order valence-corrected chi connectivity index (χ4v) is 2.95. The number of nitrogens with one attached hydrogen (secondary N) is 1. The SMILES string of the molecule is CNC(CC1Cc2ccccc21)c1ccc(Cl)cn1. The van der Waals surface area contributed by atoms with Gasteiger partial charge in [0.1, 0.15) is 0 Å². The zero-order valence-electron chi connectivity index (χ0n) is 10.9. The van der Waals surface area contributed by atoms with Crippen LogP contribution in [-0.4, -0.2) is 12.0 Å². The van der Waals surface area contributed by atoms with Crippen LogP contribution in [0.25, 0.3) is 0 Å². The molecule has 1 aromatic heterocycles. The molecule has 3 heteroatoms. The summed E-state index contributed by atoms with van der Waals surface area (Å²) in [6.07, 6.45) is 3.99. The summed E-state index contributed by atoms with van der Waals surface area (Å²) in [5, 5.41) is 4.05. The van der Waals surface area contributed by atoms with E-state index in [2.05, 4.69) is 34.6 Å². The number of benzene rings is 1. The Morgan fingerprint density at radius 3 is 2.84 bits per heavy atom. The molecule has 1 aromatic carbocycles. The zero-order valence-corrected chi connectivity index (χ0v) is 11.7. The smallest absolute Gasteiger partial charge is 0.0589 e. The molecule has 0 spiro atoms. The van der Waals surface area contributed by atoms with E-state index in [0.717, 1.165) is 12.1 Å². The van der Waals surface area contributed by atoms with E-state index >= 15 is 0 Å². The Bertz CT molecular complexity index is 565. The molecular weight excluding hydrogens is 256 g/mol. The predicted octanol–water partition coefficient (Wildman–Crippen LogP) is 3.73. The van der Waals surface area contributed by atoms with Crippen molar-refractivity contribution >= 4 is 11.6 Å². The Kier molecular flexibility index (Phi) is 3.54. The first-order valence-electron chi connectivity index (χ1n) is 6.64. The number of pyridine rings is 1. The molecule has 19 heavy (non-hydrogen) atoms. The van der Waals surface area contributed by atoms with Gasteiger partial charge in [0, 0.05) is 12.2 Å². The number of hydrogen-bond acceptors (Lipinski definition) is 2. The summed E-state index contributed by atoms with van der Waals surface area (Å²) in [5.74, 6) is 0.645. The van der Waals surface area contributed by atoms with Crippen LogP contribution in [0.3, 0.4) is 0 Å². The van der Waals surface area contributed by atoms with E-state index in [1.165, 1.54) is 17.5 Å². The third kappa shape index (κ3) is 2.51. The molecule has 1 heterocycles. The summed E-state index contributed by atoms with van der Waals surface area (Å²) >= 11 is 5.89. The van der Waals surface area contributed by atoms with E-state index in [-0.39, 0.29) is 6.04 Å². The lowest BCUT2D eigenvalue weighted by Crippen LogP contribution is -2.25. The Labute approximate surface area is 118 Å². The molecule has 2 aromatic rings.